The molecule has 0 amide bonds. The number of alkyl halides is 1. The number of anilines is 1. The van der Waals surface area contributed by atoms with Gasteiger partial charge in [0.05, 0.1) is 12.3 Å². The van der Waals surface area contributed by atoms with E-state index in [1.54, 1.807) is 5.92 Å². The highest BCUT2D eigenvalue weighted by Gasteiger charge is 2.59. The van der Waals surface area contributed by atoms with Gasteiger partial charge in [-0.1, -0.05) is 5.92 Å². The van der Waals surface area contributed by atoms with Crippen LogP contribution in [0.4, 0.5) is 14.6 Å². The molecule has 1 saturated heterocycles. The second-order valence-electron chi connectivity index (χ2n) is 4.71. The molecule has 2 unspecified atom stereocenters. The van der Waals surface area contributed by atoms with Crippen LogP contribution < -0.4 is 11.4 Å². The molecule has 0 aromatic carbocycles. The van der Waals surface area contributed by atoms with Crippen molar-refractivity contribution in [2.45, 2.75) is 37.1 Å². The number of nitrogens with two attached hydrogens (primary N) is 1. The maximum absolute atomic E-state index is 14.7. The summed E-state index contributed by atoms with van der Waals surface area (Å²) in [5.74, 6) is -0.0457. The number of aromatic nitrogens is 2. The zero-order valence-corrected chi connectivity index (χ0v) is 10.9. The molecule has 9 heteroatoms. The Morgan fingerprint density at radius 2 is 2.33 bits per heavy atom. The fourth-order valence-corrected chi connectivity index (χ4v) is 2.14. The SMILES string of the molecule is C#CC1(F)C(O)[C@@H]([C@H](C)O)O[C@H]1n1cc(F)c(N)nc1=O. The van der Waals surface area contributed by atoms with Crippen molar-refractivity contribution in [3.8, 4) is 12.3 Å². The van der Waals surface area contributed by atoms with Gasteiger partial charge in [0.15, 0.2) is 17.9 Å². The van der Waals surface area contributed by atoms with E-state index in [2.05, 4.69) is 4.98 Å². The molecular weight excluding hydrogens is 288 g/mol. The van der Waals surface area contributed by atoms with E-state index in [1.807, 2.05) is 0 Å². The van der Waals surface area contributed by atoms with Crippen molar-refractivity contribution in [1.82, 2.24) is 9.55 Å². The largest absolute Gasteiger partial charge is 0.391 e. The lowest BCUT2D eigenvalue weighted by Gasteiger charge is -2.23. The predicted molar refractivity (Wildman–Crippen MR) is 67.1 cm³/mol. The minimum atomic E-state index is -2.84. The van der Waals surface area contributed by atoms with Crippen LogP contribution in [0.2, 0.25) is 0 Å². The fraction of sp³-hybridized carbons (Fsp3) is 0.500. The van der Waals surface area contributed by atoms with Gasteiger partial charge in [-0.3, -0.25) is 4.57 Å². The molecule has 21 heavy (non-hydrogen) atoms. The van der Waals surface area contributed by atoms with E-state index in [0.29, 0.717) is 10.8 Å². The van der Waals surface area contributed by atoms with Crippen LogP contribution in [0.15, 0.2) is 11.0 Å². The molecule has 7 nitrogen and oxygen atoms in total. The normalized spacial score (nSPS) is 33.6. The van der Waals surface area contributed by atoms with Gasteiger partial charge in [-0.2, -0.15) is 4.98 Å². The summed E-state index contributed by atoms with van der Waals surface area (Å²) < 4.78 is 33.7. The molecule has 1 aromatic heterocycles. The molecule has 1 aliphatic rings. The van der Waals surface area contributed by atoms with Crippen LogP contribution >= 0.6 is 0 Å². The van der Waals surface area contributed by atoms with Crippen molar-refractivity contribution in [2.75, 3.05) is 5.73 Å². The molecule has 0 bridgehead atoms. The number of nitrogens with zero attached hydrogens (tertiary/aromatic N) is 2. The van der Waals surface area contributed by atoms with E-state index in [0.717, 1.165) is 0 Å². The Hall–Kier alpha value is -2.02. The second-order valence-corrected chi connectivity index (χ2v) is 4.71. The number of halogens is 2. The number of ether oxygens (including phenoxy) is 1. The molecule has 0 aliphatic carbocycles. The molecule has 2 heterocycles. The van der Waals surface area contributed by atoms with Crippen LogP contribution in [-0.4, -0.2) is 43.7 Å². The van der Waals surface area contributed by atoms with Gasteiger partial charge in [0.25, 0.3) is 0 Å². The lowest BCUT2D eigenvalue weighted by molar-refractivity contribution is -0.0805. The summed E-state index contributed by atoms with van der Waals surface area (Å²) in [6.45, 7) is 1.25. The summed E-state index contributed by atoms with van der Waals surface area (Å²) in [7, 11) is 0. The highest BCUT2D eigenvalue weighted by Crippen LogP contribution is 2.41. The lowest BCUT2D eigenvalue weighted by Crippen LogP contribution is -2.45. The minimum absolute atomic E-state index is 0.456. The fourth-order valence-electron chi connectivity index (χ4n) is 2.14. The molecule has 4 N–H and O–H groups in total. The van der Waals surface area contributed by atoms with Crippen molar-refractivity contribution < 1.29 is 23.7 Å². The van der Waals surface area contributed by atoms with Crippen LogP contribution in [-0.2, 0) is 4.74 Å². The molecule has 5 atom stereocenters. The first kappa shape index (κ1) is 15.4. The maximum Gasteiger partial charge on any atom is 0.351 e. The summed E-state index contributed by atoms with van der Waals surface area (Å²) in [6, 6.07) is 0. The average Bonchev–Trinajstić information content (AvgIpc) is 2.68. The van der Waals surface area contributed by atoms with Gasteiger partial charge in [0.1, 0.15) is 12.2 Å². The zero-order chi connectivity index (χ0) is 15.9. The highest BCUT2D eigenvalue weighted by atomic mass is 19.1. The zero-order valence-electron chi connectivity index (χ0n) is 10.9. The van der Waals surface area contributed by atoms with E-state index in [4.69, 9.17) is 16.9 Å². The van der Waals surface area contributed by atoms with Gasteiger partial charge in [-0.05, 0) is 6.92 Å². The summed E-state index contributed by atoms with van der Waals surface area (Å²) in [5.41, 5.74) is 1.19. The predicted octanol–water partition coefficient (Wildman–Crippen LogP) is -1.05. The third kappa shape index (κ3) is 2.27. The van der Waals surface area contributed by atoms with Gasteiger partial charge in [0.2, 0.25) is 5.67 Å². The molecule has 0 saturated carbocycles. The van der Waals surface area contributed by atoms with Crippen LogP contribution in [0.5, 0.6) is 0 Å². The van der Waals surface area contributed by atoms with Gasteiger partial charge in [-0.25, -0.2) is 13.6 Å². The molecule has 0 spiro atoms. The van der Waals surface area contributed by atoms with E-state index in [9.17, 15) is 23.8 Å². The second kappa shape index (κ2) is 5.07. The van der Waals surface area contributed by atoms with Crippen LogP contribution in [0.25, 0.3) is 0 Å². The third-order valence-electron chi connectivity index (χ3n) is 3.27. The van der Waals surface area contributed by atoms with E-state index in [1.165, 1.54) is 6.92 Å². The molecule has 0 radical (unpaired) electrons. The number of aliphatic hydroxyl groups excluding tert-OH is 2. The Balaban J connectivity index is 2.56. The monoisotopic (exact) mass is 301 g/mol. The molecular formula is C12H13F2N3O4. The smallest absolute Gasteiger partial charge is 0.351 e. The molecule has 114 valence electrons. The number of terminal acetylenes is 1. The number of hydrogen-bond donors (Lipinski definition) is 3. The molecule has 1 aliphatic heterocycles. The Bertz CT molecular complexity index is 657. The topological polar surface area (TPSA) is 111 Å². The van der Waals surface area contributed by atoms with Crippen LogP contribution in [0, 0.1) is 18.2 Å². The van der Waals surface area contributed by atoms with Crippen LogP contribution in [0.3, 0.4) is 0 Å². The van der Waals surface area contributed by atoms with Crippen LogP contribution in [0.1, 0.15) is 13.2 Å². The quantitative estimate of drug-likeness (QED) is 0.601. The number of nitrogen functional groups attached to an aromatic ring is 1. The standard InChI is InChI=1S/C12H13F2N3O4/c1-3-12(14)8(19)7(5(2)18)21-10(12)17-4-6(13)9(15)16-11(17)20/h1,4-5,7-8,10,18-19H,2H3,(H2,15,16,20)/t5-,7+,8?,10+,12?/m0/s1. The average molecular weight is 301 g/mol. The Kier molecular flexibility index (Phi) is 3.71. The van der Waals surface area contributed by atoms with Crippen molar-refractivity contribution in [3.63, 3.8) is 0 Å². The summed E-state index contributed by atoms with van der Waals surface area (Å²) in [5, 5.41) is 19.3. The van der Waals surface area contributed by atoms with Crippen molar-refractivity contribution in [3.05, 3.63) is 22.5 Å². The number of hydrogen-bond acceptors (Lipinski definition) is 6. The third-order valence-corrected chi connectivity index (χ3v) is 3.27. The number of aliphatic hydroxyl groups is 2. The van der Waals surface area contributed by atoms with Gasteiger partial charge in [0, 0.05) is 0 Å². The Labute approximate surface area is 118 Å². The molecule has 2 rings (SSSR count). The minimum Gasteiger partial charge on any atom is -0.391 e. The van der Waals surface area contributed by atoms with Crippen molar-refractivity contribution in [1.29, 1.82) is 0 Å². The molecule has 1 fully saturated rings. The van der Waals surface area contributed by atoms with Gasteiger partial charge < -0.3 is 20.7 Å². The Morgan fingerprint density at radius 3 is 2.86 bits per heavy atom. The summed E-state index contributed by atoms with van der Waals surface area (Å²) >= 11 is 0. The van der Waals surface area contributed by atoms with Crippen molar-refractivity contribution >= 4 is 5.82 Å². The lowest BCUT2D eigenvalue weighted by atomic mass is 9.95. The molecule has 1 aromatic rings. The first-order valence-electron chi connectivity index (χ1n) is 5.94. The highest BCUT2D eigenvalue weighted by molar-refractivity contribution is 5.27. The first-order valence-corrected chi connectivity index (χ1v) is 5.94. The summed E-state index contributed by atoms with van der Waals surface area (Å²) in [4.78, 5) is 14.9. The first-order chi connectivity index (χ1) is 9.72. The van der Waals surface area contributed by atoms with E-state index in [-0.39, 0.29) is 0 Å². The van der Waals surface area contributed by atoms with Gasteiger partial charge >= 0.3 is 5.69 Å². The van der Waals surface area contributed by atoms with E-state index >= 15 is 0 Å². The Morgan fingerprint density at radius 1 is 1.71 bits per heavy atom. The van der Waals surface area contributed by atoms with Crippen molar-refractivity contribution in [2.24, 2.45) is 0 Å². The number of rotatable bonds is 2. The maximum atomic E-state index is 14.7. The van der Waals surface area contributed by atoms with E-state index < -0.39 is 47.5 Å². The van der Waals surface area contributed by atoms with Gasteiger partial charge in [-0.15, -0.1) is 6.42 Å². The summed E-state index contributed by atoms with van der Waals surface area (Å²) in [6.07, 6.45) is -0.749.